The molecule has 2 amide bonds. The number of nitrogens with two attached hydrogens (primary N) is 1. The summed E-state index contributed by atoms with van der Waals surface area (Å²) in [7, 11) is 1.70. The summed E-state index contributed by atoms with van der Waals surface area (Å²) in [5, 5.41) is 2.80. The van der Waals surface area contributed by atoms with Crippen LogP contribution in [-0.4, -0.2) is 24.6 Å². The third-order valence-corrected chi connectivity index (χ3v) is 2.58. The number of urea groups is 1. The number of thiocarbonyl (C=S) groups is 1. The van der Waals surface area contributed by atoms with Gasteiger partial charge in [0.05, 0.1) is 5.69 Å². The second-order valence-corrected chi connectivity index (χ2v) is 4.11. The van der Waals surface area contributed by atoms with E-state index < -0.39 is 0 Å². The first kappa shape index (κ1) is 13.4. The Bertz CT molecular complexity index is 420. The molecule has 0 aliphatic carbocycles. The number of rotatable bonds is 4. The molecule has 0 saturated heterocycles. The zero-order chi connectivity index (χ0) is 12.8. The maximum Gasteiger partial charge on any atom is 0.321 e. The normalized spacial score (nSPS) is 9.76. The van der Waals surface area contributed by atoms with Gasteiger partial charge in [0.15, 0.2) is 0 Å². The molecule has 0 radical (unpaired) electrons. The van der Waals surface area contributed by atoms with E-state index in [-0.39, 0.29) is 11.0 Å². The lowest BCUT2D eigenvalue weighted by atomic mass is 10.1. The minimum atomic E-state index is -0.157. The lowest BCUT2D eigenvalue weighted by Gasteiger charge is -2.20. The molecule has 0 aliphatic heterocycles. The molecule has 3 N–H and O–H groups in total. The fourth-order valence-electron chi connectivity index (χ4n) is 1.43. The number of nitrogens with one attached hydrogen (secondary N) is 1. The van der Waals surface area contributed by atoms with Crippen LogP contribution in [-0.2, 0) is 0 Å². The molecule has 5 heteroatoms. The van der Waals surface area contributed by atoms with Crippen molar-refractivity contribution in [2.24, 2.45) is 5.73 Å². The molecule has 0 saturated carbocycles. The molecule has 1 aromatic rings. The van der Waals surface area contributed by atoms with Crippen LogP contribution >= 0.6 is 12.2 Å². The molecular weight excluding hydrogens is 234 g/mol. The number of amides is 2. The molecule has 0 fully saturated rings. The van der Waals surface area contributed by atoms with Crippen LogP contribution < -0.4 is 16.0 Å². The molecule has 4 nitrogen and oxygen atoms in total. The van der Waals surface area contributed by atoms with Crippen molar-refractivity contribution >= 4 is 28.9 Å². The van der Waals surface area contributed by atoms with Crippen molar-refractivity contribution in [2.45, 2.75) is 13.3 Å². The fourth-order valence-corrected chi connectivity index (χ4v) is 1.61. The Morgan fingerprint density at radius 2 is 2.12 bits per heavy atom. The Morgan fingerprint density at radius 3 is 2.71 bits per heavy atom. The summed E-state index contributed by atoms with van der Waals surface area (Å²) in [6.07, 6.45) is 0.899. The summed E-state index contributed by atoms with van der Waals surface area (Å²) in [4.78, 5) is 13.6. The highest BCUT2D eigenvalue weighted by atomic mass is 32.1. The van der Waals surface area contributed by atoms with Gasteiger partial charge in [0.25, 0.3) is 0 Å². The standard InChI is InChI=1S/C12H17N3OS/c1-3-8-14-12(16)15(2)10-7-5-4-6-9(10)11(13)17/h4-7H,3,8H2,1-2H3,(H2,13,17)(H,14,16). The van der Waals surface area contributed by atoms with E-state index in [1.807, 2.05) is 25.1 Å². The molecule has 92 valence electrons. The number of hydrogen-bond acceptors (Lipinski definition) is 2. The Labute approximate surface area is 107 Å². The SMILES string of the molecule is CCCNC(=O)N(C)c1ccccc1C(N)=S. The topological polar surface area (TPSA) is 58.4 Å². The number of carbonyl (C=O) groups excluding carboxylic acids is 1. The van der Waals surface area contributed by atoms with Crippen LogP contribution in [0.1, 0.15) is 18.9 Å². The van der Waals surface area contributed by atoms with Crippen molar-refractivity contribution in [3.05, 3.63) is 29.8 Å². The van der Waals surface area contributed by atoms with E-state index in [1.165, 1.54) is 4.90 Å². The maximum atomic E-state index is 11.8. The molecule has 0 atom stereocenters. The van der Waals surface area contributed by atoms with E-state index in [9.17, 15) is 4.79 Å². The van der Waals surface area contributed by atoms with E-state index in [4.69, 9.17) is 18.0 Å². The summed E-state index contributed by atoms with van der Waals surface area (Å²) in [5.41, 5.74) is 7.05. The first-order chi connectivity index (χ1) is 8.07. The highest BCUT2D eigenvalue weighted by Crippen LogP contribution is 2.18. The lowest BCUT2D eigenvalue weighted by molar-refractivity contribution is 0.247. The fraction of sp³-hybridized carbons (Fsp3) is 0.333. The van der Waals surface area contributed by atoms with Gasteiger partial charge in [-0.15, -0.1) is 0 Å². The third-order valence-electron chi connectivity index (χ3n) is 2.36. The van der Waals surface area contributed by atoms with Crippen molar-refractivity contribution < 1.29 is 4.79 Å². The van der Waals surface area contributed by atoms with E-state index in [2.05, 4.69) is 5.32 Å². The smallest absolute Gasteiger partial charge is 0.321 e. The molecule has 1 rings (SSSR count). The van der Waals surface area contributed by atoms with Gasteiger partial charge in [0, 0.05) is 19.2 Å². The van der Waals surface area contributed by atoms with Gasteiger partial charge < -0.3 is 11.1 Å². The summed E-state index contributed by atoms with van der Waals surface area (Å²) < 4.78 is 0. The number of para-hydroxylation sites is 1. The highest BCUT2D eigenvalue weighted by molar-refractivity contribution is 7.80. The van der Waals surface area contributed by atoms with Crippen molar-refractivity contribution in [1.82, 2.24) is 5.32 Å². The Morgan fingerprint density at radius 1 is 1.47 bits per heavy atom. The van der Waals surface area contributed by atoms with Gasteiger partial charge in [0.1, 0.15) is 4.99 Å². The summed E-state index contributed by atoms with van der Waals surface area (Å²) in [6, 6.07) is 7.16. The number of hydrogen-bond donors (Lipinski definition) is 2. The van der Waals surface area contributed by atoms with Gasteiger partial charge in [0.2, 0.25) is 0 Å². The van der Waals surface area contributed by atoms with E-state index in [0.29, 0.717) is 17.8 Å². The van der Waals surface area contributed by atoms with Crippen LogP contribution in [0, 0.1) is 0 Å². The third kappa shape index (κ3) is 3.42. The first-order valence-corrected chi connectivity index (χ1v) is 5.89. The number of nitrogens with zero attached hydrogens (tertiary/aromatic N) is 1. The largest absolute Gasteiger partial charge is 0.389 e. The maximum absolute atomic E-state index is 11.8. The van der Waals surface area contributed by atoms with Gasteiger partial charge in [-0.1, -0.05) is 31.3 Å². The molecule has 1 aromatic carbocycles. The van der Waals surface area contributed by atoms with E-state index in [1.54, 1.807) is 13.1 Å². The summed E-state index contributed by atoms with van der Waals surface area (Å²) >= 11 is 4.96. The molecule has 0 aromatic heterocycles. The quantitative estimate of drug-likeness (QED) is 0.803. The minimum Gasteiger partial charge on any atom is -0.389 e. The van der Waals surface area contributed by atoms with Gasteiger partial charge in [-0.3, -0.25) is 4.90 Å². The second-order valence-electron chi connectivity index (χ2n) is 3.67. The molecule has 0 spiro atoms. The van der Waals surface area contributed by atoms with Crippen LogP contribution in [0.3, 0.4) is 0 Å². The minimum absolute atomic E-state index is 0.157. The molecule has 0 aliphatic rings. The van der Waals surface area contributed by atoms with Crippen LogP contribution in [0.15, 0.2) is 24.3 Å². The van der Waals surface area contributed by atoms with Crippen molar-refractivity contribution in [1.29, 1.82) is 0 Å². The monoisotopic (exact) mass is 251 g/mol. The molecule has 0 heterocycles. The molecule has 0 unspecified atom stereocenters. The van der Waals surface area contributed by atoms with Crippen LogP contribution in [0.25, 0.3) is 0 Å². The zero-order valence-corrected chi connectivity index (χ0v) is 10.9. The van der Waals surface area contributed by atoms with Crippen molar-refractivity contribution in [3.8, 4) is 0 Å². The van der Waals surface area contributed by atoms with E-state index >= 15 is 0 Å². The average molecular weight is 251 g/mol. The lowest BCUT2D eigenvalue weighted by Crippen LogP contribution is -2.38. The number of benzene rings is 1. The number of carbonyl (C=O) groups is 1. The van der Waals surface area contributed by atoms with Crippen LogP contribution in [0.4, 0.5) is 10.5 Å². The van der Waals surface area contributed by atoms with Crippen LogP contribution in [0.5, 0.6) is 0 Å². The predicted molar refractivity (Wildman–Crippen MR) is 74.4 cm³/mol. The Hall–Kier alpha value is -1.62. The Balaban J connectivity index is 2.91. The molecule has 17 heavy (non-hydrogen) atoms. The van der Waals surface area contributed by atoms with Gasteiger partial charge >= 0.3 is 6.03 Å². The second kappa shape index (κ2) is 6.20. The Kier molecular flexibility index (Phi) is 4.90. The van der Waals surface area contributed by atoms with Crippen LogP contribution in [0.2, 0.25) is 0 Å². The highest BCUT2D eigenvalue weighted by Gasteiger charge is 2.14. The van der Waals surface area contributed by atoms with Crippen molar-refractivity contribution in [2.75, 3.05) is 18.5 Å². The molecular formula is C12H17N3OS. The first-order valence-electron chi connectivity index (χ1n) is 5.48. The average Bonchev–Trinajstić information content (AvgIpc) is 2.34. The van der Waals surface area contributed by atoms with Gasteiger partial charge in [-0.25, -0.2) is 4.79 Å². The summed E-state index contributed by atoms with van der Waals surface area (Å²) in [6.45, 7) is 2.65. The van der Waals surface area contributed by atoms with Gasteiger partial charge in [-0.2, -0.15) is 0 Å². The van der Waals surface area contributed by atoms with Gasteiger partial charge in [-0.05, 0) is 18.6 Å². The number of anilines is 1. The van der Waals surface area contributed by atoms with E-state index in [0.717, 1.165) is 6.42 Å². The van der Waals surface area contributed by atoms with Crippen molar-refractivity contribution in [3.63, 3.8) is 0 Å². The zero-order valence-electron chi connectivity index (χ0n) is 10.1. The summed E-state index contributed by atoms with van der Waals surface area (Å²) in [5.74, 6) is 0. The molecule has 0 bridgehead atoms. The predicted octanol–water partition coefficient (Wildman–Crippen LogP) is 1.88.